The highest BCUT2D eigenvalue weighted by atomic mass is 16.5. The van der Waals surface area contributed by atoms with Crippen molar-refractivity contribution in [3.63, 3.8) is 0 Å². The van der Waals surface area contributed by atoms with Gasteiger partial charge in [-0.15, -0.1) is 0 Å². The molecule has 0 saturated carbocycles. The van der Waals surface area contributed by atoms with Gasteiger partial charge in [0.15, 0.2) is 11.9 Å². The van der Waals surface area contributed by atoms with E-state index in [-0.39, 0.29) is 5.78 Å². The third-order valence-corrected chi connectivity index (χ3v) is 2.66. The van der Waals surface area contributed by atoms with Crippen molar-refractivity contribution >= 4 is 11.5 Å². The molecule has 0 amide bonds. The van der Waals surface area contributed by atoms with Gasteiger partial charge in [-0.1, -0.05) is 37.3 Å². The Balaban J connectivity index is 2.01. The van der Waals surface area contributed by atoms with E-state index in [1.807, 2.05) is 37.3 Å². The number of rotatable bonds is 4. The Bertz CT molecular complexity index is 449. The van der Waals surface area contributed by atoms with Crippen LogP contribution < -0.4 is 0 Å². The Morgan fingerprint density at radius 1 is 1.29 bits per heavy atom. The fourth-order valence-electron chi connectivity index (χ4n) is 1.73. The summed E-state index contributed by atoms with van der Waals surface area (Å²) in [7, 11) is 0. The molecule has 1 aliphatic rings. The van der Waals surface area contributed by atoms with E-state index in [4.69, 9.17) is 4.74 Å². The maximum Gasteiger partial charge on any atom is 0.191 e. The molecular weight excluding hydrogens is 214 g/mol. The zero-order valence-electron chi connectivity index (χ0n) is 9.80. The van der Waals surface area contributed by atoms with Gasteiger partial charge in [0, 0.05) is 12.3 Å². The molecule has 1 aromatic rings. The van der Waals surface area contributed by atoms with Crippen molar-refractivity contribution in [1.29, 1.82) is 0 Å². The average molecular weight is 229 g/mol. The molecule has 3 heteroatoms. The summed E-state index contributed by atoms with van der Waals surface area (Å²) in [6.45, 7) is 2.41. The van der Waals surface area contributed by atoms with Crippen LogP contribution in [0.2, 0.25) is 0 Å². The van der Waals surface area contributed by atoms with Crippen molar-refractivity contribution in [2.24, 2.45) is 4.99 Å². The second-order valence-electron chi connectivity index (χ2n) is 3.87. The molecule has 0 spiro atoms. The molecule has 0 saturated heterocycles. The quantitative estimate of drug-likeness (QED) is 0.795. The maximum absolute atomic E-state index is 11.7. The molecule has 3 nitrogen and oxygen atoms in total. The van der Waals surface area contributed by atoms with Crippen molar-refractivity contribution in [2.75, 3.05) is 0 Å². The van der Waals surface area contributed by atoms with Crippen LogP contribution in [0.3, 0.4) is 0 Å². The minimum Gasteiger partial charge on any atom is -0.359 e. The number of hydrogen-bond donors (Lipinski definition) is 0. The van der Waals surface area contributed by atoms with Gasteiger partial charge in [0.05, 0.1) is 12.3 Å². The van der Waals surface area contributed by atoms with Crippen LogP contribution >= 0.6 is 0 Å². The first kappa shape index (κ1) is 11.7. The number of carbonyl (C=O) groups excluding carboxylic acids is 1. The molecule has 1 unspecified atom stereocenters. The lowest BCUT2D eigenvalue weighted by molar-refractivity contribution is -0.122. The van der Waals surface area contributed by atoms with Gasteiger partial charge < -0.3 is 4.74 Å². The molecule has 1 atom stereocenters. The van der Waals surface area contributed by atoms with Gasteiger partial charge in [0.2, 0.25) is 0 Å². The lowest BCUT2D eigenvalue weighted by Gasteiger charge is -2.18. The fraction of sp³-hybridized carbons (Fsp3) is 0.286. The van der Waals surface area contributed by atoms with Crippen LogP contribution in [-0.4, -0.2) is 17.6 Å². The smallest absolute Gasteiger partial charge is 0.191 e. The molecule has 0 N–H and O–H groups in total. The Morgan fingerprint density at radius 3 is 2.76 bits per heavy atom. The van der Waals surface area contributed by atoms with Crippen molar-refractivity contribution in [1.82, 2.24) is 0 Å². The summed E-state index contributed by atoms with van der Waals surface area (Å²) in [5.41, 5.74) is 1.86. The molecule has 2 rings (SSSR count). The number of aliphatic imine (C=N–C) groups is 1. The molecule has 1 aliphatic heterocycles. The lowest BCUT2D eigenvalue weighted by Crippen LogP contribution is -2.33. The van der Waals surface area contributed by atoms with E-state index in [1.54, 1.807) is 6.20 Å². The van der Waals surface area contributed by atoms with E-state index in [9.17, 15) is 4.79 Å². The minimum absolute atomic E-state index is 0.0206. The highest BCUT2D eigenvalue weighted by Crippen LogP contribution is 2.11. The third kappa shape index (κ3) is 2.88. The number of ether oxygens (including phenoxy) is 1. The van der Waals surface area contributed by atoms with E-state index >= 15 is 0 Å². The van der Waals surface area contributed by atoms with Crippen molar-refractivity contribution in [2.45, 2.75) is 26.1 Å². The molecule has 1 heterocycles. The highest BCUT2D eigenvalue weighted by molar-refractivity contribution is 6.14. The molecule has 0 fully saturated rings. The number of carbonyl (C=O) groups is 1. The summed E-state index contributed by atoms with van der Waals surface area (Å²) < 4.78 is 5.65. The van der Waals surface area contributed by atoms with Crippen LogP contribution in [0.4, 0.5) is 0 Å². The van der Waals surface area contributed by atoms with E-state index in [1.165, 1.54) is 6.08 Å². The van der Waals surface area contributed by atoms with Gasteiger partial charge in [-0.05, 0) is 12.0 Å². The predicted molar refractivity (Wildman–Crippen MR) is 66.9 cm³/mol. The van der Waals surface area contributed by atoms with Gasteiger partial charge in [-0.3, -0.25) is 9.79 Å². The topological polar surface area (TPSA) is 38.7 Å². The van der Waals surface area contributed by atoms with Gasteiger partial charge in [-0.2, -0.15) is 0 Å². The Kier molecular flexibility index (Phi) is 3.83. The van der Waals surface area contributed by atoms with Gasteiger partial charge in [0.1, 0.15) is 0 Å². The fourth-order valence-corrected chi connectivity index (χ4v) is 1.73. The zero-order valence-corrected chi connectivity index (χ0v) is 9.80. The summed E-state index contributed by atoms with van der Waals surface area (Å²) in [4.78, 5) is 15.9. The summed E-state index contributed by atoms with van der Waals surface area (Å²) >= 11 is 0. The van der Waals surface area contributed by atoms with Gasteiger partial charge >= 0.3 is 0 Å². The Hall–Kier alpha value is -1.74. The van der Waals surface area contributed by atoms with Crippen molar-refractivity contribution < 1.29 is 9.53 Å². The standard InChI is InChI=1S/C14H15NO2/c1-2-12-14(13(16)8-9-15-12)17-10-11-6-4-3-5-7-11/h3-9,14H,2,10H2,1H3. The first-order valence-corrected chi connectivity index (χ1v) is 5.73. The molecular formula is C14H15NO2. The summed E-state index contributed by atoms with van der Waals surface area (Å²) in [5, 5.41) is 0. The van der Waals surface area contributed by atoms with Crippen LogP contribution in [0.15, 0.2) is 47.6 Å². The number of hydrogen-bond acceptors (Lipinski definition) is 3. The normalized spacial score (nSPS) is 19.2. The average Bonchev–Trinajstić information content (AvgIpc) is 2.38. The number of nitrogens with zero attached hydrogens (tertiary/aromatic N) is 1. The van der Waals surface area contributed by atoms with E-state index < -0.39 is 6.10 Å². The number of ketones is 1. The molecule has 0 radical (unpaired) electrons. The van der Waals surface area contributed by atoms with E-state index in [2.05, 4.69) is 4.99 Å². The largest absolute Gasteiger partial charge is 0.359 e. The van der Waals surface area contributed by atoms with Crippen LogP contribution in [0.1, 0.15) is 18.9 Å². The monoisotopic (exact) mass is 229 g/mol. The van der Waals surface area contributed by atoms with Crippen LogP contribution in [0.5, 0.6) is 0 Å². The zero-order chi connectivity index (χ0) is 12.1. The molecule has 17 heavy (non-hydrogen) atoms. The second kappa shape index (κ2) is 5.55. The van der Waals surface area contributed by atoms with Crippen LogP contribution in [0, 0.1) is 0 Å². The minimum atomic E-state index is -0.509. The van der Waals surface area contributed by atoms with Crippen LogP contribution in [0.25, 0.3) is 0 Å². The summed E-state index contributed by atoms with van der Waals surface area (Å²) in [6, 6.07) is 9.82. The molecule has 0 aromatic heterocycles. The molecule has 0 aliphatic carbocycles. The summed E-state index contributed by atoms with van der Waals surface area (Å²) in [5.74, 6) is -0.0206. The lowest BCUT2D eigenvalue weighted by atomic mass is 10.1. The Morgan fingerprint density at radius 2 is 2.06 bits per heavy atom. The summed E-state index contributed by atoms with van der Waals surface area (Å²) in [6.07, 6.45) is 3.23. The molecule has 1 aromatic carbocycles. The van der Waals surface area contributed by atoms with E-state index in [0.717, 1.165) is 17.7 Å². The molecule has 88 valence electrons. The number of benzene rings is 1. The Labute approximate surface area is 101 Å². The van der Waals surface area contributed by atoms with Crippen LogP contribution in [-0.2, 0) is 16.1 Å². The predicted octanol–water partition coefficient (Wildman–Crippen LogP) is 2.52. The van der Waals surface area contributed by atoms with Gasteiger partial charge in [0.25, 0.3) is 0 Å². The van der Waals surface area contributed by atoms with Gasteiger partial charge in [-0.25, -0.2) is 0 Å². The SMILES string of the molecule is CCC1=NC=CC(=O)C1OCc1ccccc1. The first-order chi connectivity index (χ1) is 8.31. The molecule has 0 bridgehead atoms. The van der Waals surface area contributed by atoms with Crippen molar-refractivity contribution in [3.05, 3.63) is 48.2 Å². The van der Waals surface area contributed by atoms with E-state index in [0.29, 0.717) is 6.61 Å². The van der Waals surface area contributed by atoms with Crippen molar-refractivity contribution in [3.8, 4) is 0 Å². The third-order valence-electron chi connectivity index (χ3n) is 2.66. The highest BCUT2D eigenvalue weighted by Gasteiger charge is 2.24. The maximum atomic E-state index is 11.7. The first-order valence-electron chi connectivity index (χ1n) is 5.73. The second-order valence-corrected chi connectivity index (χ2v) is 3.87.